The number of hydrogen-bond acceptors (Lipinski definition) is 2. The van der Waals surface area contributed by atoms with Gasteiger partial charge in [-0.25, -0.2) is 8.42 Å². The molecule has 0 spiro atoms. The molecule has 0 aromatic heterocycles. The van der Waals surface area contributed by atoms with Crippen molar-refractivity contribution in [1.29, 1.82) is 0 Å². The average molecular weight is 274 g/mol. The van der Waals surface area contributed by atoms with E-state index in [-0.39, 0.29) is 5.75 Å². The molecular formula is C16H18O2S. The van der Waals surface area contributed by atoms with Crippen molar-refractivity contribution in [3.63, 3.8) is 0 Å². The van der Waals surface area contributed by atoms with E-state index in [1.165, 1.54) is 5.56 Å². The zero-order valence-corrected chi connectivity index (χ0v) is 11.9. The second-order valence-electron chi connectivity index (χ2n) is 4.67. The van der Waals surface area contributed by atoms with Crippen molar-refractivity contribution in [3.05, 3.63) is 65.7 Å². The van der Waals surface area contributed by atoms with Crippen LogP contribution in [0.3, 0.4) is 0 Å². The summed E-state index contributed by atoms with van der Waals surface area (Å²) >= 11 is 0. The van der Waals surface area contributed by atoms with E-state index in [9.17, 15) is 8.42 Å². The number of benzene rings is 2. The van der Waals surface area contributed by atoms with Crippen LogP contribution in [0.5, 0.6) is 0 Å². The van der Waals surface area contributed by atoms with Crippen LogP contribution in [-0.2, 0) is 16.3 Å². The quantitative estimate of drug-likeness (QED) is 0.837. The van der Waals surface area contributed by atoms with Gasteiger partial charge in [0.25, 0.3) is 0 Å². The highest BCUT2D eigenvalue weighted by Crippen LogP contribution is 2.17. The fourth-order valence-electron chi connectivity index (χ4n) is 2.13. The van der Waals surface area contributed by atoms with Gasteiger partial charge in [0.2, 0.25) is 0 Å². The minimum atomic E-state index is -3.16. The van der Waals surface area contributed by atoms with E-state index in [1.54, 1.807) is 12.1 Å². The summed E-state index contributed by atoms with van der Waals surface area (Å²) in [4.78, 5) is 0.461. The van der Waals surface area contributed by atoms with Crippen LogP contribution in [0.2, 0.25) is 0 Å². The molecule has 0 aliphatic carbocycles. The summed E-state index contributed by atoms with van der Waals surface area (Å²) in [5.74, 6) is 0.201. The zero-order valence-electron chi connectivity index (χ0n) is 11.0. The SMILES string of the molecule is Cc1ccccc1S(=O)(=O)CCCc1ccccc1. The summed E-state index contributed by atoms with van der Waals surface area (Å²) < 4.78 is 24.5. The summed E-state index contributed by atoms with van der Waals surface area (Å²) in [5.41, 5.74) is 2.00. The lowest BCUT2D eigenvalue weighted by atomic mass is 10.1. The lowest BCUT2D eigenvalue weighted by Crippen LogP contribution is -2.09. The Bertz CT molecular complexity index is 631. The van der Waals surface area contributed by atoms with E-state index in [2.05, 4.69) is 0 Å². The minimum Gasteiger partial charge on any atom is -0.224 e. The molecule has 0 radical (unpaired) electrons. The number of aryl methyl sites for hydroxylation is 2. The van der Waals surface area contributed by atoms with Crippen LogP contribution < -0.4 is 0 Å². The lowest BCUT2D eigenvalue weighted by Gasteiger charge is -2.07. The highest BCUT2D eigenvalue weighted by atomic mass is 32.2. The summed E-state index contributed by atoms with van der Waals surface area (Å²) in [6, 6.07) is 17.1. The van der Waals surface area contributed by atoms with Gasteiger partial charge in [-0.2, -0.15) is 0 Å². The van der Waals surface area contributed by atoms with Gasteiger partial charge in [-0.15, -0.1) is 0 Å². The van der Waals surface area contributed by atoms with Crippen molar-refractivity contribution in [2.45, 2.75) is 24.7 Å². The number of hydrogen-bond donors (Lipinski definition) is 0. The Hall–Kier alpha value is -1.61. The van der Waals surface area contributed by atoms with Gasteiger partial charge in [0.05, 0.1) is 10.6 Å². The van der Waals surface area contributed by atoms with Crippen molar-refractivity contribution in [2.75, 3.05) is 5.75 Å². The van der Waals surface area contributed by atoms with E-state index in [0.29, 0.717) is 11.3 Å². The molecule has 2 aromatic carbocycles. The van der Waals surface area contributed by atoms with Crippen molar-refractivity contribution in [2.24, 2.45) is 0 Å². The predicted molar refractivity (Wildman–Crippen MR) is 78.0 cm³/mol. The van der Waals surface area contributed by atoms with E-state index >= 15 is 0 Å². The molecule has 0 unspecified atom stereocenters. The molecule has 100 valence electrons. The minimum absolute atomic E-state index is 0.201. The molecule has 0 N–H and O–H groups in total. The molecule has 0 heterocycles. The number of rotatable bonds is 5. The molecular weight excluding hydrogens is 256 g/mol. The summed E-state index contributed by atoms with van der Waals surface area (Å²) in [6.07, 6.45) is 1.45. The van der Waals surface area contributed by atoms with Crippen molar-refractivity contribution in [1.82, 2.24) is 0 Å². The zero-order chi connectivity index (χ0) is 13.7. The fraction of sp³-hybridized carbons (Fsp3) is 0.250. The largest absolute Gasteiger partial charge is 0.224 e. The van der Waals surface area contributed by atoms with Gasteiger partial charge >= 0.3 is 0 Å². The van der Waals surface area contributed by atoms with Crippen molar-refractivity contribution in [3.8, 4) is 0 Å². The van der Waals surface area contributed by atoms with E-state index in [0.717, 1.165) is 12.0 Å². The van der Waals surface area contributed by atoms with Crippen LogP contribution in [0.1, 0.15) is 17.5 Å². The molecule has 0 saturated heterocycles. The van der Waals surface area contributed by atoms with Crippen LogP contribution in [-0.4, -0.2) is 14.2 Å². The standard InChI is InChI=1S/C16H18O2S/c1-14-8-5-6-12-16(14)19(17,18)13-7-11-15-9-3-2-4-10-15/h2-6,8-10,12H,7,11,13H2,1H3. The second kappa shape index (κ2) is 6.02. The highest BCUT2D eigenvalue weighted by molar-refractivity contribution is 7.91. The Balaban J connectivity index is 2.01. The normalized spacial score (nSPS) is 11.4. The molecule has 0 saturated carbocycles. The Morgan fingerprint density at radius 2 is 1.53 bits per heavy atom. The first-order chi connectivity index (χ1) is 9.09. The highest BCUT2D eigenvalue weighted by Gasteiger charge is 2.15. The molecule has 0 aliphatic heterocycles. The molecule has 19 heavy (non-hydrogen) atoms. The third-order valence-electron chi connectivity index (χ3n) is 3.15. The Labute approximate surface area is 115 Å². The number of sulfone groups is 1. The maximum absolute atomic E-state index is 12.2. The topological polar surface area (TPSA) is 34.1 Å². The maximum atomic E-state index is 12.2. The van der Waals surface area contributed by atoms with Crippen molar-refractivity contribution >= 4 is 9.84 Å². The van der Waals surface area contributed by atoms with E-state index in [1.807, 2.05) is 49.4 Å². The first-order valence-corrected chi connectivity index (χ1v) is 8.07. The van der Waals surface area contributed by atoms with Crippen LogP contribution >= 0.6 is 0 Å². The van der Waals surface area contributed by atoms with Crippen LogP contribution in [0.4, 0.5) is 0 Å². The predicted octanol–water partition coefficient (Wildman–Crippen LogP) is 3.40. The smallest absolute Gasteiger partial charge is 0.178 e. The molecule has 0 amide bonds. The van der Waals surface area contributed by atoms with Crippen LogP contribution in [0, 0.1) is 6.92 Å². The average Bonchev–Trinajstić information content (AvgIpc) is 2.40. The van der Waals surface area contributed by atoms with Gasteiger partial charge in [0, 0.05) is 0 Å². The van der Waals surface area contributed by atoms with Gasteiger partial charge in [0.1, 0.15) is 0 Å². The first kappa shape index (κ1) is 13.8. The third kappa shape index (κ3) is 3.67. The maximum Gasteiger partial charge on any atom is 0.178 e. The summed E-state index contributed by atoms with van der Waals surface area (Å²) in [5, 5.41) is 0. The van der Waals surface area contributed by atoms with Crippen LogP contribution in [0.15, 0.2) is 59.5 Å². The van der Waals surface area contributed by atoms with E-state index < -0.39 is 9.84 Å². The molecule has 2 nitrogen and oxygen atoms in total. The molecule has 2 aromatic rings. The molecule has 0 bridgehead atoms. The molecule has 0 fully saturated rings. The fourth-order valence-corrected chi connectivity index (χ4v) is 3.72. The van der Waals surface area contributed by atoms with E-state index in [4.69, 9.17) is 0 Å². The summed E-state index contributed by atoms with van der Waals surface area (Å²) in [7, 11) is -3.16. The van der Waals surface area contributed by atoms with Gasteiger partial charge in [-0.3, -0.25) is 0 Å². The Morgan fingerprint density at radius 3 is 2.21 bits per heavy atom. The first-order valence-electron chi connectivity index (χ1n) is 6.42. The van der Waals surface area contributed by atoms with Crippen molar-refractivity contribution < 1.29 is 8.42 Å². The summed E-state index contributed by atoms with van der Waals surface area (Å²) in [6.45, 7) is 1.84. The molecule has 3 heteroatoms. The van der Waals surface area contributed by atoms with Gasteiger partial charge < -0.3 is 0 Å². The lowest BCUT2D eigenvalue weighted by molar-refractivity contribution is 0.592. The van der Waals surface area contributed by atoms with Crippen LogP contribution in [0.25, 0.3) is 0 Å². The van der Waals surface area contributed by atoms with Gasteiger partial charge in [-0.1, -0.05) is 48.5 Å². The monoisotopic (exact) mass is 274 g/mol. The Kier molecular flexibility index (Phi) is 4.38. The Morgan fingerprint density at radius 1 is 0.895 bits per heavy atom. The van der Waals surface area contributed by atoms with Gasteiger partial charge in [0.15, 0.2) is 9.84 Å². The molecule has 0 atom stereocenters. The third-order valence-corrected chi connectivity index (χ3v) is 5.10. The molecule has 2 rings (SSSR count). The molecule has 0 aliphatic rings. The second-order valence-corrected chi connectivity index (χ2v) is 6.75. The van der Waals surface area contributed by atoms with Gasteiger partial charge in [-0.05, 0) is 37.0 Å².